The monoisotopic (exact) mass is 397 g/mol. The van der Waals surface area contributed by atoms with E-state index in [9.17, 15) is 9.00 Å². The molecule has 3 rings (SSSR count). The van der Waals surface area contributed by atoms with Crippen molar-refractivity contribution < 1.29 is 13.7 Å². The van der Waals surface area contributed by atoms with Crippen molar-refractivity contribution in [2.24, 2.45) is 0 Å². The Hall–Kier alpha value is -1.82. The van der Waals surface area contributed by atoms with Crippen LogP contribution in [-0.2, 0) is 22.5 Å². The first-order valence-electron chi connectivity index (χ1n) is 7.66. The highest BCUT2D eigenvalue weighted by molar-refractivity contribution is 7.64. The van der Waals surface area contributed by atoms with Crippen LogP contribution < -0.4 is 10.1 Å². The topological polar surface area (TPSA) is 55.4 Å². The number of halogens is 2. The van der Waals surface area contributed by atoms with Gasteiger partial charge < -0.3 is 10.1 Å². The van der Waals surface area contributed by atoms with Gasteiger partial charge in [0.25, 0.3) is 0 Å². The number of carbonyl (C=O) groups excluding carboxylic acids is 1. The molecule has 2 aromatic carbocycles. The highest BCUT2D eigenvalue weighted by Gasteiger charge is 2.14. The van der Waals surface area contributed by atoms with E-state index in [4.69, 9.17) is 27.9 Å². The molecular formula is C18H17Cl2NO3S. The predicted octanol–water partition coefficient (Wildman–Crippen LogP) is 4.35. The fourth-order valence-corrected chi connectivity index (χ4v) is 2.63. The maximum atomic E-state index is 11.2. The van der Waals surface area contributed by atoms with Gasteiger partial charge in [-0.2, -0.15) is 0 Å². The van der Waals surface area contributed by atoms with Gasteiger partial charge in [0.1, 0.15) is 5.75 Å². The molecule has 4 nitrogen and oxygen atoms in total. The van der Waals surface area contributed by atoms with E-state index in [0.717, 1.165) is 23.4 Å². The van der Waals surface area contributed by atoms with Crippen LogP contribution in [0, 0.1) is 0 Å². The average Bonchev–Trinajstić information content (AvgIpc) is 2.62. The number of rotatable bonds is 4. The van der Waals surface area contributed by atoms with Crippen molar-refractivity contribution in [2.45, 2.75) is 19.3 Å². The average molecular weight is 398 g/mol. The molecule has 1 aliphatic heterocycles. The van der Waals surface area contributed by atoms with E-state index in [1.807, 2.05) is 30.3 Å². The molecule has 1 aliphatic rings. The second-order valence-electron chi connectivity index (χ2n) is 5.18. The lowest BCUT2D eigenvalue weighted by Gasteiger charge is -2.17. The number of aryl methyl sites for hydroxylation is 1. The van der Waals surface area contributed by atoms with Crippen molar-refractivity contribution >= 4 is 51.4 Å². The smallest absolute Gasteiger partial charge is 0.224 e. The first-order chi connectivity index (χ1) is 12.1. The van der Waals surface area contributed by atoms with Crippen molar-refractivity contribution in [3.8, 4) is 5.75 Å². The molecule has 132 valence electrons. The standard InChI is InChI=1S/C12H13NO3S.C6H4Cl2/c14-12-5-2-9-8-10(3-4-11(9)13-12)16-6-1-7-17-15;7-5-3-1-2-4-6(5)8/h3-4,7-8H,1-2,5-6H2,(H,13,14);1-4H. The molecule has 0 aromatic heterocycles. The molecule has 7 heteroatoms. The minimum absolute atomic E-state index is 0.0632. The number of nitrogens with one attached hydrogen (secondary N) is 1. The van der Waals surface area contributed by atoms with Gasteiger partial charge in [0.2, 0.25) is 5.91 Å². The normalized spacial score (nSPS) is 12.2. The third-order valence-electron chi connectivity index (χ3n) is 3.37. The lowest BCUT2D eigenvalue weighted by molar-refractivity contribution is -0.116. The summed E-state index contributed by atoms with van der Waals surface area (Å²) in [6.45, 7) is 0.500. The van der Waals surface area contributed by atoms with Crippen molar-refractivity contribution in [1.29, 1.82) is 0 Å². The zero-order valence-electron chi connectivity index (χ0n) is 13.3. The largest absolute Gasteiger partial charge is 0.493 e. The molecule has 25 heavy (non-hydrogen) atoms. The fourth-order valence-electron chi connectivity index (χ4n) is 2.16. The Kier molecular flexibility index (Phi) is 7.98. The number of anilines is 1. The van der Waals surface area contributed by atoms with Crippen molar-refractivity contribution in [2.75, 3.05) is 11.9 Å². The molecule has 0 bridgehead atoms. The number of carbonyl (C=O) groups is 1. The molecule has 1 N–H and O–H groups in total. The summed E-state index contributed by atoms with van der Waals surface area (Å²) in [6.07, 6.45) is 1.90. The molecule has 0 fully saturated rings. The van der Waals surface area contributed by atoms with Gasteiger partial charge in [0.15, 0.2) is 0 Å². The van der Waals surface area contributed by atoms with Crippen LogP contribution in [0.3, 0.4) is 0 Å². The summed E-state index contributed by atoms with van der Waals surface area (Å²) in [4.78, 5) is 11.2. The van der Waals surface area contributed by atoms with Gasteiger partial charge >= 0.3 is 0 Å². The minimum Gasteiger partial charge on any atom is -0.493 e. The van der Waals surface area contributed by atoms with E-state index in [0.29, 0.717) is 40.7 Å². The lowest BCUT2D eigenvalue weighted by atomic mass is 10.0. The van der Waals surface area contributed by atoms with Crippen LogP contribution in [0.1, 0.15) is 18.4 Å². The van der Waals surface area contributed by atoms with Crippen molar-refractivity contribution in [1.82, 2.24) is 0 Å². The summed E-state index contributed by atoms with van der Waals surface area (Å²) >= 11 is 11.6. The Labute approximate surface area is 160 Å². The van der Waals surface area contributed by atoms with E-state index in [1.165, 1.54) is 0 Å². The maximum Gasteiger partial charge on any atom is 0.224 e. The summed E-state index contributed by atoms with van der Waals surface area (Å²) in [6, 6.07) is 12.8. The Balaban J connectivity index is 0.000000236. The summed E-state index contributed by atoms with van der Waals surface area (Å²) in [5, 5.41) is 5.60. The summed E-state index contributed by atoms with van der Waals surface area (Å²) in [5.41, 5.74) is 1.97. The molecule has 0 spiro atoms. The molecular weight excluding hydrogens is 381 g/mol. The third-order valence-corrected chi connectivity index (χ3v) is 4.50. The van der Waals surface area contributed by atoms with E-state index in [2.05, 4.69) is 5.32 Å². The predicted molar refractivity (Wildman–Crippen MR) is 104 cm³/mol. The number of ether oxygens (including phenoxy) is 1. The summed E-state index contributed by atoms with van der Waals surface area (Å²) in [5.74, 6) is 0.845. The van der Waals surface area contributed by atoms with Gasteiger partial charge in [-0.05, 0) is 42.3 Å². The van der Waals surface area contributed by atoms with E-state index in [1.54, 1.807) is 17.5 Å². The SMILES string of the molecule is Clc1ccccc1Cl.O=S=CCCOc1ccc2c(c1)CCC(=O)N2. The van der Waals surface area contributed by atoms with Crippen LogP contribution in [0.25, 0.3) is 0 Å². The zero-order valence-corrected chi connectivity index (χ0v) is 15.7. The quantitative estimate of drug-likeness (QED) is 0.616. The Morgan fingerprint density at radius 1 is 1.12 bits per heavy atom. The van der Waals surface area contributed by atoms with Gasteiger partial charge in [-0.3, -0.25) is 4.79 Å². The highest BCUT2D eigenvalue weighted by atomic mass is 35.5. The Bertz CT molecular complexity index is 771. The summed E-state index contributed by atoms with van der Waals surface area (Å²) in [7, 11) is 0. The van der Waals surface area contributed by atoms with Gasteiger partial charge in [0.05, 0.1) is 27.9 Å². The van der Waals surface area contributed by atoms with Gasteiger partial charge in [-0.15, -0.1) is 0 Å². The first-order valence-corrected chi connectivity index (χ1v) is 9.22. The van der Waals surface area contributed by atoms with Crippen molar-refractivity contribution in [3.05, 3.63) is 58.1 Å². The van der Waals surface area contributed by atoms with E-state index in [-0.39, 0.29) is 5.91 Å². The van der Waals surface area contributed by atoms with Crippen LogP contribution in [0.15, 0.2) is 42.5 Å². The van der Waals surface area contributed by atoms with E-state index < -0.39 is 0 Å². The number of hydrogen-bond acceptors (Lipinski definition) is 3. The van der Waals surface area contributed by atoms with Crippen LogP contribution in [0.2, 0.25) is 10.0 Å². The summed E-state index contributed by atoms with van der Waals surface area (Å²) < 4.78 is 15.6. The Morgan fingerprint density at radius 2 is 1.84 bits per heavy atom. The number of fused-ring (bicyclic) bond motifs is 1. The first kappa shape index (κ1) is 19.5. The molecule has 0 atom stereocenters. The Morgan fingerprint density at radius 3 is 2.48 bits per heavy atom. The minimum atomic E-state index is 0.0632. The molecule has 0 unspecified atom stereocenters. The number of hydrogen-bond donors (Lipinski definition) is 1. The molecule has 0 saturated heterocycles. The van der Waals surface area contributed by atoms with Crippen LogP contribution >= 0.6 is 23.2 Å². The molecule has 1 amide bonds. The lowest BCUT2D eigenvalue weighted by Crippen LogP contribution is -2.18. The van der Waals surface area contributed by atoms with Crippen molar-refractivity contribution in [3.63, 3.8) is 0 Å². The van der Waals surface area contributed by atoms with Gasteiger partial charge in [-0.1, -0.05) is 35.3 Å². The van der Waals surface area contributed by atoms with Crippen LogP contribution in [0.5, 0.6) is 5.75 Å². The number of benzene rings is 2. The van der Waals surface area contributed by atoms with Gasteiger partial charge in [-0.25, -0.2) is 4.21 Å². The maximum absolute atomic E-state index is 11.2. The second kappa shape index (κ2) is 10.2. The zero-order chi connectivity index (χ0) is 18.1. The third kappa shape index (κ3) is 6.53. The second-order valence-corrected chi connectivity index (χ2v) is 6.52. The molecule has 2 aromatic rings. The molecule has 0 aliphatic carbocycles. The molecule has 0 saturated carbocycles. The van der Waals surface area contributed by atoms with Gasteiger partial charge in [0, 0.05) is 23.9 Å². The fraction of sp³-hybridized carbons (Fsp3) is 0.222. The molecule has 0 radical (unpaired) electrons. The highest BCUT2D eigenvalue weighted by Crippen LogP contribution is 2.26. The molecule has 1 heterocycles. The van der Waals surface area contributed by atoms with E-state index >= 15 is 0 Å². The van der Waals surface area contributed by atoms with Crippen LogP contribution in [0.4, 0.5) is 5.69 Å². The number of amides is 1. The van der Waals surface area contributed by atoms with Crippen LogP contribution in [-0.4, -0.2) is 22.1 Å².